The molecule has 2 aromatic rings. The molecule has 0 amide bonds. The minimum absolute atomic E-state index is 0.0824. The lowest BCUT2D eigenvalue weighted by Gasteiger charge is -2.13. The van der Waals surface area contributed by atoms with Crippen molar-refractivity contribution >= 4 is 15.9 Å². The molecule has 1 atom stereocenters. The van der Waals surface area contributed by atoms with Crippen molar-refractivity contribution in [2.24, 2.45) is 5.92 Å². The summed E-state index contributed by atoms with van der Waals surface area (Å²) in [7, 11) is 1.95. The van der Waals surface area contributed by atoms with E-state index in [2.05, 4.69) is 21.2 Å². The first-order valence-corrected chi connectivity index (χ1v) is 7.84. The van der Waals surface area contributed by atoms with Crippen molar-refractivity contribution in [3.63, 3.8) is 0 Å². The number of nitrogens with one attached hydrogen (secondary N) is 1. The molecule has 5 heteroatoms. The van der Waals surface area contributed by atoms with Crippen LogP contribution in [0.25, 0.3) is 0 Å². The molecule has 0 bridgehead atoms. The quantitative estimate of drug-likeness (QED) is 0.794. The van der Waals surface area contributed by atoms with Crippen molar-refractivity contribution in [3.05, 3.63) is 57.8 Å². The van der Waals surface area contributed by atoms with Crippen LogP contribution in [0.3, 0.4) is 0 Å². The summed E-state index contributed by atoms with van der Waals surface area (Å²) >= 11 is 3.10. The topological polar surface area (TPSA) is 17.0 Å². The fourth-order valence-corrected chi connectivity index (χ4v) is 3.11. The molecule has 1 aromatic carbocycles. The van der Waals surface area contributed by atoms with Gasteiger partial charge < -0.3 is 9.88 Å². The van der Waals surface area contributed by atoms with Gasteiger partial charge in [-0.25, -0.2) is 8.78 Å². The molecule has 0 radical (unpaired) electrons. The van der Waals surface area contributed by atoms with Gasteiger partial charge in [0.1, 0.15) is 11.6 Å². The molecule has 3 rings (SSSR count). The second kappa shape index (κ2) is 5.89. The molecule has 1 aliphatic carbocycles. The summed E-state index contributed by atoms with van der Waals surface area (Å²) in [6.45, 7) is 0.193. The molecular formula is C16H17BrF2N2. The second-order valence-corrected chi connectivity index (χ2v) is 6.40. The standard InChI is InChI=1S/C16H17BrF2N2/c1-20-16(10-2-3-10)11-6-7-21(8-11)9-12-14(18)5-4-13(17)15(12)19/h4-8,10,16,20H,2-3,9H2,1H3. The summed E-state index contributed by atoms with van der Waals surface area (Å²) in [6.07, 6.45) is 6.33. The van der Waals surface area contributed by atoms with Crippen molar-refractivity contribution in [3.8, 4) is 0 Å². The van der Waals surface area contributed by atoms with Crippen molar-refractivity contribution in [1.29, 1.82) is 0 Å². The van der Waals surface area contributed by atoms with Crippen molar-refractivity contribution < 1.29 is 8.78 Å². The molecule has 21 heavy (non-hydrogen) atoms. The molecular weight excluding hydrogens is 338 g/mol. The Labute approximate surface area is 131 Å². The van der Waals surface area contributed by atoms with Crippen molar-refractivity contribution in [1.82, 2.24) is 9.88 Å². The first-order valence-electron chi connectivity index (χ1n) is 7.05. The van der Waals surface area contributed by atoms with Gasteiger partial charge in [0.05, 0.1) is 11.0 Å². The molecule has 1 N–H and O–H groups in total. The first kappa shape index (κ1) is 14.7. The Morgan fingerprint density at radius 3 is 2.76 bits per heavy atom. The Kier molecular flexibility index (Phi) is 4.13. The van der Waals surface area contributed by atoms with E-state index in [1.807, 2.05) is 30.1 Å². The lowest BCUT2D eigenvalue weighted by Crippen LogP contribution is -2.17. The van der Waals surface area contributed by atoms with Crippen molar-refractivity contribution in [2.75, 3.05) is 7.05 Å². The molecule has 2 nitrogen and oxygen atoms in total. The Morgan fingerprint density at radius 2 is 2.10 bits per heavy atom. The lowest BCUT2D eigenvalue weighted by atomic mass is 10.1. The van der Waals surface area contributed by atoms with Crippen molar-refractivity contribution in [2.45, 2.75) is 25.4 Å². The van der Waals surface area contributed by atoms with Gasteiger partial charge in [-0.3, -0.25) is 0 Å². The predicted octanol–water partition coefficient (Wildman–Crippen LogP) is 4.25. The average Bonchev–Trinajstić information content (AvgIpc) is 3.20. The zero-order valence-electron chi connectivity index (χ0n) is 11.7. The normalized spacial score (nSPS) is 16.2. The maximum atomic E-state index is 14.0. The fourth-order valence-electron chi connectivity index (χ4n) is 2.74. The maximum Gasteiger partial charge on any atom is 0.145 e. The smallest absolute Gasteiger partial charge is 0.145 e. The minimum Gasteiger partial charge on any atom is -0.349 e. The van der Waals surface area contributed by atoms with Gasteiger partial charge in [0, 0.05) is 24.0 Å². The number of hydrogen-bond acceptors (Lipinski definition) is 1. The van der Waals surface area contributed by atoms with Gasteiger partial charge in [0.15, 0.2) is 0 Å². The van der Waals surface area contributed by atoms with Crippen LogP contribution in [-0.4, -0.2) is 11.6 Å². The van der Waals surface area contributed by atoms with Crippen LogP contribution in [0.4, 0.5) is 8.78 Å². The van der Waals surface area contributed by atoms with Crippen LogP contribution in [0, 0.1) is 17.6 Å². The third kappa shape index (κ3) is 3.04. The van der Waals surface area contributed by atoms with E-state index in [4.69, 9.17) is 0 Å². The minimum atomic E-state index is -0.530. The Bertz CT molecular complexity index is 650. The van der Waals surface area contributed by atoms with Gasteiger partial charge >= 0.3 is 0 Å². The monoisotopic (exact) mass is 354 g/mol. The summed E-state index contributed by atoms with van der Waals surface area (Å²) < 4.78 is 29.9. The van der Waals surface area contributed by atoms with E-state index >= 15 is 0 Å². The lowest BCUT2D eigenvalue weighted by molar-refractivity contribution is 0.525. The largest absolute Gasteiger partial charge is 0.349 e. The molecule has 1 aliphatic rings. The summed E-state index contributed by atoms with van der Waals surface area (Å²) in [6, 6.07) is 5.03. The van der Waals surface area contributed by atoms with Crippen LogP contribution < -0.4 is 5.32 Å². The third-order valence-corrected chi connectivity index (χ3v) is 4.63. The van der Waals surface area contributed by atoms with Crippen LogP contribution in [0.5, 0.6) is 0 Å². The first-order chi connectivity index (χ1) is 10.1. The summed E-state index contributed by atoms with van der Waals surface area (Å²) in [5.74, 6) is -0.360. The van der Waals surface area contributed by atoms with Crippen LogP contribution in [0.15, 0.2) is 35.1 Å². The molecule has 0 saturated heterocycles. The number of halogens is 3. The molecule has 112 valence electrons. The zero-order chi connectivity index (χ0) is 15.0. The summed E-state index contributed by atoms with van der Waals surface area (Å²) in [4.78, 5) is 0. The maximum absolute atomic E-state index is 14.0. The molecule has 1 fully saturated rings. The second-order valence-electron chi connectivity index (χ2n) is 5.54. The predicted molar refractivity (Wildman–Crippen MR) is 82.1 cm³/mol. The fraction of sp³-hybridized carbons (Fsp3) is 0.375. The zero-order valence-corrected chi connectivity index (χ0v) is 13.3. The Morgan fingerprint density at radius 1 is 1.33 bits per heavy atom. The van der Waals surface area contributed by atoms with Gasteiger partial charge in [-0.15, -0.1) is 0 Å². The molecule has 0 aliphatic heterocycles. The van der Waals surface area contributed by atoms with Gasteiger partial charge in [-0.2, -0.15) is 0 Å². The van der Waals surface area contributed by atoms with Crippen LogP contribution in [-0.2, 0) is 6.54 Å². The number of hydrogen-bond donors (Lipinski definition) is 1. The number of benzene rings is 1. The van der Waals surface area contributed by atoms with E-state index in [1.165, 1.54) is 30.5 Å². The molecule has 1 aromatic heterocycles. The molecule has 0 spiro atoms. The molecule has 1 saturated carbocycles. The van der Waals surface area contributed by atoms with E-state index in [1.54, 1.807) is 0 Å². The molecule has 1 heterocycles. The Hall–Kier alpha value is -1.20. The van der Waals surface area contributed by atoms with Crippen LogP contribution >= 0.6 is 15.9 Å². The van der Waals surface area contributed by atoms with Gasteiger partial charge in [-0.1, -0.05) is 0 Å². The summed E-state index contributed by atoms with van der Waals surface area (Å²) in [5.41, 5.74) is 1.26. The van der Waals surface area contributed by atoms with Gasteiger partial charge in [0.2, 0.25) is 0 Å². The van der Waals surface area contributed by atoms with Gasteiger partial charge in [-0.05, 0) is 65.5 Å². The Balaban J connectivity index is 1.83. The van der Waals surface area contributed by atoms with E-state index in [0.29, 0.717) is 12.0 Å². The van der Waals surface area contributed by atoms with Crippen LogP contribution in [0.2, 0.25) is 0 Å². The number of rotatable bonds is 5. The molecule has 1 unspecified atom stereocenters. The van der Waals surface area contributed by atoms with E-state index < -0.39 is 11.6 Å². The average molecular weight is 355 g/mol. The van der Waals surface area contributed by atoms with E-state index in [-0.39, 0.29) is 16.6 Å². The highest BCUT2D eigenvalue weighted by Crippen LogP contribution is 2.40. The third-order valence-electron chi connectivity index (χ3n) is 4.02. The van der Waals surface area contributed by atoms with Gasteiger partial charge in [0.25, 0.3) is 0 Å². The number of nitrogens with zero attached hydrogens (tertiary/aromatic N) is 1. The van der Waals surface area contributed by atoms with E-state index in [0.717, 1.165) is 0 Å². The highest BCUT2D eigenvalue weighted by atomic mass is 79.9. The highest BCUT2D eigenvalue weighted by Gasteiger charge is 2.31. The summed E-state index contributed by atoms with van der Waals surface area (Å²) in [5, 5.41) is 3.32. The number of aromatic nitrogens is 1. The SMILES string of the molecule is CNC(c1ccn(Cc2c(F)ccc(Br)c2F)c1)C1CC1. The van der Waals surface area contributed by atoms with Crippen LogP contribution in [0.1, 0.15) is 30.0 Å². The highest BCUT2D eigenvalue weighted by molar-refractivity contribution is 9.10. The van der Waals surface area contributed by atoms with E-state index in [9.17, 15) is 8.78 Å².